The topological polar surface area (TPSA) is 80.3 Å². The molecule has 0 aromatic rings. The van der Waals surface area contributed by atoms with Crippen molar-refractivity contribution < 1.29 is 16.8 Å². The summed E-state index contributed by atoms with van der Waals surface area (Å²) in [7, 11) is -7.33. The second-order valence-electron chi connectivity index (χ2n) is 3.77. The third-order valence-electron chi connectivity index (χ3n) is 1.59. The summed E-state index contributed by atoms with van der Waals surface area (Å²) in [6.45, 7) is 3.74. The molecule has 0 aromatic heterocycles. The van der Waals surface area contributed by atoms with E-state index in [1.54, 1.807) is 0 Å². The van der Waals surface area contributed by atoms with Crippen molar-refractivity contribution in [3.63, 3.8) is 0 Å². The van der Waals surface area contributed by atoms with Crippen LogP contribution in [0.4, 0.5) is 0 Å². The monoisotopic (exact) mass is 277 g/mol. The van der Waals surface area contributed by atoms with Crippen molar-refractivity contribution in [1.82, 2.24) is 4.72 Å². The summed E-state index contributed by atoms with van der Waals surface area (Å²) in [5.74, 6) is 0.118. The molecule has 8 heteroatoms. The molecule has 1 atom stereocenters. The van der Waals surface area contributed by atoms with E-state index in [0.717, 1.165) is 6.26 Å². The summed E-state index contributed by atoms with van der Waals surface area (Å²) in [5, 5.41) is -1.25. The number of hydrogen-bond acceptors (Lipinski definition) is 4. The Morgan fingerprint density at radius 2 is 1.67 bits per heavy atom. The van der Waals surface area contributed by atoms with E-state index >= 15 is 0 Å². The second-order valence-corrected chi connectivity index (χ2v) is 8.64. The van der Waals surface area contributed by atoms with Gasteiger partial charge in [0.15, 0.2) is 14.9 Å². The number of nitrogens with one attached hydrogen (secondary N) is 1. The van der Waals surface area contributed by atoms with Gasteiger partial charge in [0.1, 0.15) is 0 Å². The van der Waals surface area contributed by atoms with Crippen molar-refractivity contribution in [3.05, 3.63) is 0 Å². The molecule has 1 unspecified atom stereocenters. The zero-order chi connectivity index (χ0) is 12.3. The van der Waals surface area contributed by atoms with E-state index in [1.165, 1.54) is 0 Å². The van der Waals surface area contributed by atoms with Gasteiger partial charge >= 0.3 is 0 Å². The van der Waals surface area contributed by atoms with Gasteiger partial charge in [-0.2, -0.15) is 0 Å². The number of halogens is 1. The lowest BCUT2D eigenvalue weighted by Gasteiger charge is -2.13. The molecule has 1 N–H and O–H groups in total. The maximum atomic E-state index is 11.2. The maximum absolute atomic E-state index is 11.2. The molecule has 0 aromatic carbocycles. The van der Waals surface area contributed by atoms with Crippen LogP contribution in [0.3, 0.4) is 0 Å². The first-order valence-electron chi connectivity index (χ1n) is 4.32. The lowest BCUT2D eigenvalue weighted by molar-refractivity contribution is 0.557. The van der Waals surface area contributed by atoms with Gasteiger partial charge in [-0.1, -0.05) is 13.8 Å². The van der Waals surface area contributed by atoms with Crippen LogP contribution in [0.25, 0.3) is 0 Å². The van der Waals surface area contributed by atoms with E-state index in [1.807, 2.05) is 13.8 Å². The van der Waals surface area contributed by atoms with Gasteiger partial charge in [0.05, 0.1) is 0 Å². The van der Waals surface area contributed by atoms with Crippen molar-refractivity contribution in [2.75, 3.05) is 17.9 Å². The molecular weight excluding hydrogens is 262 g/mol. The summed E-state index contributed by atoms with van der Waals surface area (Å²) < 4.78 is 46.2. The summed E-state index contributed by atoms with van der Waals surface area (Å²) >= 11 is 5.82. The van der Waals surface area contributed by atoms with Crippen molar-refractivity contribution >= 4 is 31.5 Å². The molecule has 0 fully saturated rings. The van der Waals surface area contributed by atoms with Gasteiger partial charge in [-0.05, 0) is 5.92 Å². The number of hydrogen-bond donors (Lipinski definition) is 1. The largest absolute Gasteiger partial charge is 0.228 e. The lowest BCUT2D eigenvalue weighted by atomic mass is 10.1. The maximum Gasteiger partial charge on any atom is 0.226 e. The summed E-state index contributed by atoms with van der Waals surface area (Å²) in [6, 6.07) is 0. The van der Waals surface area contributed by atoms with Crippen LogP contribution in [0, 0.1) is 5.92 Å². The van der Waals surface area contributed by atoms with Crippen molar-refractivity contribution in [2.24, 2.45) is 5.92 Å². The molecule has 5 nitrogen and oxygen atoms in total. The Balaban J connectivity index is 4.30. The van der Waals surface area contributed by atoms with E-state index in [0.29, 0.717) is 0 Å². The highest BCUT2D eigenvalue weighted by Crippen LogP contribution is 2.08. The van der Waals surface area contributed by atoms with Crippen LogP contribution < -0.4 is 4.72 Å². The fourth-order valence-electron chi connectivity index (χ4n) is 0.766. The van der Waals surface area contributed by atoms with E-state index in [9.17, 15) is 16.8 Å². The molecule has 0 aliphatic heterocycles. The first kappa shape index (κ1) is 15.2. The van der Waals surface area contributed by atoms with Crippen LogP contribution in [-0.2, 0) is 19.9 Å². The van der Waals surface area contributed by atoms with Crippen molar-refractivity contribution in [2.45, 2.75) is 19.2 Å². The molecule has 0 spiro atoms. The molecule has 92 valence electrons. The number of rotatable bonds is 6. The zero-order valence-electron chi connectivity index (χ0n) is 8.90. The minimum absolute atomic E-state index is 0.0388. The highest BCUT2D eigenvalue weighted by atomic mass is 35.5. The van der Waals surface area contributed by atoms with Crippen LogP contribution in [0.1, 0.15) is 13.8 Å². The van der Waals surface area contributed by atoms with Gasteiger partial charge in [-0.15, -0.1) is 11.6 Å². The van der Waals surface area contributed by atoms with Crippen molar-refractivity contribution in [1.29, 1.82) is 0 Å². The molecule has 0 amide bonds. The molecule has 0 bridgehead atoms. The Labute approximate surface area is 96.2 Å². The molecule has 0 aliphatic carbocycles. The molecule has 0 radical (unpaired) electrons. The van der Waals surface area contributed by atoms with Crippen LogP contribution in [-0.4, -0.2) is 40.1 Å². The smallest absolute Gasteiger partial charge is 0.226 e. The SMILES string of the molecule is CC(C)C(Cl)CNS(=O)(=O)CS(C)(=O)=O. The first-order chi connectivity index (χ1) is 6.53. The highest BCUT2D eigenvalue weighted by Gasteiger charge is 2.19. The number of sulfonamides is 1. The van der Waals surface area contributed by atoms with Crippen LogP contribution in [0.15, 0.2) is 0 Å². The Bertz CT molecular complexity index is 387. The third kappa shape index (κ3) is 8.01. The van der Waals surface area contributed by atoms with Gasteiger partial charge in [-0.25, -0.2) is 21.6 Å². The normalized spacial score (nSPS) is 15.5. The first-order valence-corrected chi connectivity index (χ1v) is 8.47. The predicted octanol–water partition coefficient (Wildman–Crippen LogP) is 0.171. The summed E-state index contributed by atoms with van der Waals surface area (Å²) in [4.78, 5) is 0. The van der Waals surface area contributed by atoms with Crippen LogP contribution in [0.5, 0.6) is 0 Å². The predicted molar refractivity (Wildman–Crippen MR) is 61.1 cm³/mol. The Kier molecular flexibility index (Phi) is 5.52. The highest BCUT2D eigenvalue weighted by molar-refractivity contribution is 8.06. The quantitative estimate of drug-likeness (QED) is 0.702. The number of sulfone groups is 1. The van der Waals surface area contributed by atoms with E-state index in [-0.39, 0.29) is 17.8 Å². The number of alkyl halides is 1. The molecule has 15 heavy (non-hydrogen) atoms. The van der Waals surface area contributed by atoms with Crippen LogP contribution in [0.2, 0.25) is 0 Å². The average molecular weight is 278 g/mol. The van der Waals surface area contributed by atoms with E-state index in [4.69, 9.17) is 11.6 Å². The standard InChI is InChI=1S/C7H16ClNO4S2/c1-6(2)7(8)4-9-15(12,13)5-14(3,10)11/h6-7,9H,4-5H2,1-3H3. The average Bonchev–Trinajstić information content (AvgIpc) is 1.95. The van der Waals surface area contributed by atoms with Gasteiger partial charge < -0.3 is 0 Å². The molecule has 0 saturated heterocycles. The van der Waals surface area contributed by atoms with E-state index < -0.39 is 24.9 Å². The van der Waals surface area contributed by atoms with Gasteiger partial charge in [0, 0.05) is 18.2 Å². The molecular formula is C7H16ClNO4S2. The minimum Gasteiger partial charge on any atom is -0.228 e. The Morgan fingerprint density at radius 1 is 1.20 bits per heavy atom. The van der Waals surface area contributed by atoms with E-state index in [2.05, 4.69) is 4.72 Å². The van der Waals surface area contributed by atoms with Gasteiger partial charge in [0.25, 0.3) is 0 Å². The summed E-state index contributed by atoms with van der Waals surface area (Å²) in [5.41, 5.74) is 0. The second kappa shape index (κ2) is 5.47. The van der Waals surface area contributed by atoms with Crippen molar-refractivity contribution in [3.8, 4) is 0 Å². The molecule has 0 rings (SSSR count). The summed E-state index contributed by atoms with van der Waals surface area (Å²) in [6.07, 6.45) is 0.868. The Morgan fingerprint density at radius 3 is 2.00 bits per heavy atom. The van der Waals surface area contributed by atoms with Crippen LogP contribution >= 0.6 is 11.6 Å². The zero-order valence-corrected chi connectivity index (χ0v) is 11.3. The molecule has 0 heterocycles. The fourth-order valence-corrected chi connectivity index (χ4v) is 3.96. The Hall–Kier alpha value is 0.150. The van der Waals surface area contributed by atoms with Gasteiger partial charge in [-0.3, -0.25) is 0 Å². The van der Waals surface area contributed by atoms with Gasteiger partial charge in [0.2, 0.25) is 10.0 Å². The lowest BCUT2D eigenvalue weighted by Crippen LogP contribution is -2.35. The minimum atomic E-state index is -3.79. The fraction of sp³-hybridized carbons (Fsp3) is 1.00. The molecule has 0 aliphatic rings. The molecule has 0 saturated carbocycles. The third-order valence-corrected chi connectivity index (χ3v) is 5.81.